The van der Waals surface area contributed by atoms with E-state index in [0.29, 0.717) is 0 Å². The third kappa shape index (κ3) is 3.20. The highest BCUT2D eigenvalue weighted by Gasteiger charge is 2.13. The van der Waals surface area contributed by atoms with E-state index in [0.717, 1.165) is 23.8 Å². The van der Waals surface area contributed by atoms with Crippen molar-refractivity contribution < 1.29 is 0 Å². The lowest BCUT2D eigenvalue weighted by Gasteiger charge is -2.21. The standard InChI is InChI=1S/C15H22N4/c1-11-12(2)19(10-17-11)14-13(7-6-8-16-14)9-18-15(3,4)5/h6-8,10,18H,9H2,1-5H3. The maximum absolute atomic E-state index is 4.51. The van der Waals surface area contributed by atoms with Gasteiger partial charge in [0.15, 0.2) is 0 Å². The number of aromatic nitrogens is 3. The van der Waals surface area contributed by atoms with Crippen LogP contribution in [0, 0.1) is 13.8 Å². The Balaban J connectivity index is 2.34. The third-order valence-electron chi connectivity index (χ3n) is 3.16. The molecular weight excluding hydrogens is 236 g/mol. The summed E-state index contributed by atoms with van der Waals surface area (Å²) in [6.45, 7) is 11.4. The molecule has 0 unspecified atom stereocenters. The Hall–Kier alpha value is -1.68. The van der Waals surface area contributed by atoms with Crippen molar-refractivity contribution in [2.24, 2.45) is 0 Å². The number of imidazole rings is 1. The van der Waals surface area contributed by atoms with Crippen LogP contribution in [0.2, 0.25) is 0 Å². The average Bonchev–Trinajstić information content (AvgIpc) is 2.67. The summed E-state index contributed by atoms with van der Waals surface area (Å²) in [5, 5.41) is 3.50. The lowest BCUT2D eigenvalue weighted by Crippen LogP contribution is -2.35. The van der Waals surface area contributed by atoms with E-state index >= 15 is 0 Å². The third-order valence-corrected chi connectivity index (χ3v) is 3.16. The van der Waals surface area contributed by atoms with Crippen LogP contribution in [0.25, 0.3) is 5.82 Å². The largest absolute Gasteiger partial charge is 0.308 e. The summed E-state index contributed by atoms with van der Waals surface area (Å²) in [5.74, 6) is 0.956. The number of nitrogens with one attached hydrogen (secondary N) is 1. The number of nitrogens with zero attached hydrogens (tertiary/aromatic N) is 3. The van der Waals surface area contributed by atoms with Gasteiger partial charge < -0.3 is 5.32 Å². The van der Waals surface area contributed by atoms with Gasteiger partial charge >= 0.3 is 0 Å². The van der Waals surface area contributed by atoms with Gasteiger partial charge in [0, 0.05) is 29.5 Å². The molecule has 4 nitrogen and oxygen atoms in total. The second kappa shape index (κ2) is 5.13. The number of rotatable bonds is 3. The van der Waals surface area contributed by atoms with E-state index in [1.807, 2.05) is 25.5 Å². The zero-order valence-corrected chi connectivity index (χ0v) is 12.4. The van der Waals surface area contributed by atoms with Gasteiger partial charge in [0.2, 0.25) is 0 Å². The Kier molecular flexibility index (Phi) is 3.71. The first-order valence-corrected chi connectivity index (χ1v) is 6.58. The summed E-state index contributed by atoms with van der Waals surface area (Å²) in [6.07, 6.45) is 3.66. The van der Waals surface area contributed by atoms with Crippen LogP contribution in [0.5, 0.6) is 0 Å². The molecule has 0 atom stereocenters. The SMILES string of the molecule is Cc1ncn(-c2ncccc2CNC(C)(C)C)c1C. The van der Waals surface area contributed by atoms with Crippen molar-refractivity contribution in [3.05, 3.63) is 41.6 Å². The molecule has 0 bridgehead atoms. The maximum atomic E-state index is 4.51. The van der Waals surface area contributed by atoms with Crippen LogP contribution < -0.4 is 5.32 Å². The molecule has 0 saturated carbocycles. The molecule has 2 heterocycles. The van der Waals surface area contributed by atoms with Gasteiger partial charge in [-0.1, -0.05) is 6.07 Å². The summed E-state index contributed by atoms with van der Waals surface area (Å²) < 4.78 is 2.05. The van der Waals surface area contributed by atoms with Crippen molar-refractivity contribution in [3.8, 4) is 5.82 Å². The lowest BCUT2D eigenvalue weighted by atomic mass is 10.1. The van der Waals surface area contributed by atoms with Gasteiger partial charge in [-0.05, 0) is 40.7 Å². The first-order chi connectivity index (χ1) is 8.88. The molecule has 0 aliphatic heterocycles. The van der Waals surface area contributed by atoms with E-state index in [-0.39, 0.29) is 5.54 Å². The molecule has 0 aliphatic carbocycles. The van der Waals surface area contributed by atoms with Crippen LogP contribution in [0.15, 0.2) is 24.7 Å². The van der Waals surface area contributed by atoms with E-state index in [2.05, 4.69) is 53.6 Å². The molecule has 2 aromatic rings. The number of aryl methyl sites for hydroxylation is 1. The van der Waals surface area contributed by atoms with Crippen LogP contribution in [0.3, 0.4) is 0 Å². The molecule has 2 rings (SSSR count). The van der Waals surface area contributed by atoms with Gasteiger partial charge in [-0.25, -0.2) is 9.97 Å². The molecule has 0 radical (unpaired) electrons. The molecular formula is C15H22N4. The summed E-state index contributed by atoms with van der Waals surface area (Å²) in [6, 6.07) is 4.08. The lowest BCUT2D eigenvalue weighted by molar-refractivity contribution is 0.423. The quantitative estimate of drug-likeness (QED) is 0.920. The molecule has 1 N–H and O–H groups in total. The zero-order valence-electron chi connectivity index (χ0n) is 12.4. The van der Waals surface area contributed by atoms with E-state index < -0.39 is 0 Å². The summed E-state index contributed by atoms with van der Waals surface area (Å²) in [4.78, 5) is 8.85. The van der Waals surface area contributed by atoms with Crippen molar-refractivity contribution in [2.45, 2.75) is 46.7 Å². The Morgan fingerprint density at radius 1 is 1.21 bits per heavy atom. The molecule has 4 heteroatoms. The minimum Gasteiger partial charge on any atom is -0.308 e. The molecule has 102 valence electrons. The molecule has 2 aromatic heterocycles. The second-order valence-corrected chi connectivity index (χ2v) is 5.88. The Morgan fingerprint density at radius 3 is 2.53 bits per heavy atom. The Bertz CT molecular complexity index is 564. The van der Waals surface area contributed by atoms with Crippen molar-refractivity contribution in [1.82, 2.24) is 19.9 Å². The Morgan fingerprint density at radius 2 is 1.95 bits per heavy atom. The fourth-order valence-corrected chi connectivity index (χ4v) is 1.86. The normalized spacial score (nSPS) is 11.8. The highest BCUT2D eigenvalue weighted by atomic mass is 15.1. The van der Waals surface area contributed by atoms with Gasteiger partial charge in [0.05, 0.1) is 5.69 Å². The Labute approximate surface area is 114 Å². The second-order valence-electron chi connectivity index (χ2n) is 5.88. The van der Waals surface area contributed by atoms with Gasteiger partial charge in [0.25, 0.3) is 0 Å². The minimum atomic E-state index is 0.0903. The number of hydrogen-bond donors (Lipinski definition) is 1. The van der Waals surface area contributed by atoms with Crippen molar-refractivity contribution in [1.29, 1.82) is 0 Å². The van der Waals surface area contributed by atoms with Crippen LogP contribution in [-0.2, 0) is 6.54 Å². The molecule has 0 fully saturated rings. The smallest absolute Gasteiger partial charge is 0.142 e. The highest BCUT2D eigenvalue weighted by Crippen LogP contribution is 2.16. The number of pyridine rings is 1. The topological polar surface area (TPSA) is 42.7 Å². The van der Waals surface area contributed by atoms with Crippen LogP contribution in [0.1, 0.15) is 37.7 Å². The molecule has 0 aromatic carbocycles. The van der Waals surface area contributed by atoms with E-state index in [1.165, 1.54) is 5.56 Å². The first-order valence-electron chi connectivity index (χ1n) is 6.58. The highest BCUT2D eigenvalue weighted by molar-refractivity contribution is 5.36. The monoisotopic (exact) mass is 258 g/mol. The van der Waals surface area contributed by atoms with Crippen LogP contribution in [-0.4, -0.2) is 20.1 Å². The van der Waals surface area contributed by atoms with Gasteiger partial charge in [-0.15, -0.1) is 0 Å². The summed E-state index contributed by atoms with van der Waals surface area (Å²) in [7, 11) is 0. The molecule has 0 amide bonds. The molecule has 0 spiro atoms. The van der Waals surface area contributed by atoms with Crippen molar-refractivity contribution in [2.75, 3.05) is 0 Å². The number of hydrogen-bond acceptors (Lipinski definition) is 3. The zero-order chi connectivity index (χ0) is 14.0. The van der Waals surface area contributed by atoms with E-state index in [4.69, 9.17) is 0 Å². The fourth-order valence-electron chi connectivity index (χ4n) is 1.86. The maximum Gasteiger partial charge on any atom is 0.142 e. The van der Waals surface area contributed by atoms with Crippen LogP contribution >= 0.6 is 0 Å². The van der Waals surface area contributed by atoms with Gasteiger partial charge in [-0.2, -0.15) is 0 Å². The van der Waals surface area contributed by atoms with Crippen molar-refractivity contribution >= 4 is 0 Å². The predicted octanol–water partition coefficient (Wildman–Crippen LogP) is 2.77. The molecule has 0 aliphatic rings. The summed E-state index contributed by atoms with van der Waals surface area (Å²) in [5.41, 5.74) is 3.45. The van der Waals surface area contributed by atoms with E-state index in [9.17, 15) is 0 Å². The summed E-state index contributed by atoms with van der Waals surface area (Å²) >= 11 is 0. The molecule has 19 heavy (non-hydrogen) atoms. The van der Waals surface area contributed by atoms with Crippen molar-refractivity contribution in [3.63, 3.8) is 0 Å². The van der Waals surface area contributed by atoms with Gasteiger partial charge in [0.1, 0.15) is 12.1 Å². The fraction of sp³-hybridized carbons (Fsp3) is 0.467. The average molecular weight is 258 g/mol. The predicted molar refractivity (Wildman–Crippen MR) is 77.4 cm³/mol. The molecule has 0 saturated heterocycles. The van der Waals surface area contributed by atoms with Gasteiger partial charge in [-0.3, -0.25) is 4.57 Å². The minimum absolute atomic E-state index is 0.0903. The van der Waals surface area contributed by atoms with Crippen LogP contribution in [0.4, 0.5) is 0 Å². The first kappa shape index (κ1) is 13.7. The van der Waals surface area contributed by atoms with E-state index in [1.54, 1.807) is 0 Å².